The van der Waals surface area contributed by atoms with Gasteiger partial charge in [-0.2, -0.15) is 0 Å². The van der Waals surface area contributed by atoms with Crippen molar-refractivity contribution in [3.8, 4) is 5.75 Å². The Morgan fingerprint density at radius 1 is 1.20 bits per heavy atom. The van der Waals surface area contributed by atoms with Gasteiger partial charge in [-0.25, -0.2) is 0 Å². The van der Waals surface area contributed by atoms with E-state index in [0.717, 1.165) is 12.3 Å². The molecule has 1 rings (SSSR count). The van der Waals surface area contributed by atoms with Gasteiger partial charge in [-0.3, -0.25) is 4.79 Å². The Bertz CT molecular complexity index is 411. The second-order valence-corrected chi connectivity index (χ2v) is 4.82. The molecule has 112 valence electrons. The zero-order valence-electron chi connectivity index (χ0n) is 12.9. The highest BCUT2D eigenvalue weighted by Crippen LogP contribution is 2.16. The number of aryl methyl sites for hydroxylation is 2. The summed E-state index contributed by atoms with van der Waals surface area (Å²) in [6.45, 7) is 9.48. The monoisotopic (exact) mass is 279 g/mol. The minimum absolute atomic E-state index is 0.210. The highest BCUT2D eigenvalue weighted by molar-refractivity contribution is 5.75. The van der Waals surface area contributed by atoms with Gasteiger partial charge in [0.25, 0.3) is 0 Å². The van der Waals surface area contributed by atoms with Gasteiger partial charge in [0.05, 0.1) is 13.2 Å². The minimum atomic E-state index is -0.300. The molecule has 0 aromatic heterocycles. The van der Waals surface area contributed by atoms with Gasteiger partial charge in [0.1, 0.15) is 11.8 Å². The molecule has 0 radical (unpaired) electrons. The van der Waals surface area contributed by atoms with E-state index < -0.39 is 0 Å². The molecule has 4 heteroatoms. The van der Waals surface area contributed by atoms with Crippen molar-refractivity contribution in [2.45, 2.75) is 40.2 Å². The van der Waals surface area contributed by atoms with Crippen LogP contribution in [0.1, 0.15) is 31.4 Å². The summed E-state index contributed by atoms with van der Waals surface area (Å²) in [6.07, 6.45) is 0.597. The summed E-state index contributed by atoms with van der Waals surface area (Å²) >= 11 is 0. The molecule has 0 heterocycles. The number of likely N-dealkylation sites (N-methyl/N-ethyl adjacent to an activating group) is 1. The second kappa shape index (κ2) is 8.59. The highest BCUT2D eigenvalue weighted by atomic mass is 16.5. The van der Waals surface area contributed by atoms with Crippen molar-refractivity contribution >= 4 is 5.97 Å². The standard InChI is InChI=1S/C16H25NO3/c1-5-17-15(16(18)19-6-2)7-8-20-14-10-12(3)9-13(4)11-14/h9-11,15,17H,5-8H2,1-4H3. The fraction of sp³-hybridized carbons (Fsp3) is 0.562. The zero-order chi connectivity index (χ0) is 15.0. The summed E-state index contributed by atoms with van der Waals surface area (Å²) in [6, 6.07) is 5.80. The lowest BCUT2D eigenvalue weighted by Gasteiger charge is -2.16. The van der Waals surface area contributed by atoms with Crippen LogP contribution in [0.3, 0.4) is 0 Å². The molecule has 1 N–H and O–H groups in total. The van der Waals surface area contributed by atoms with Crippen molar-refractivity contribution in [3.05, 3.63) is 29.3 Å². The van der Waals surface area contributed by atoms with Crippen LogP contribution in [-0.2, 0) is 9.53 Å². The molecule has 4 nitrogen and oxygen atoms in total. The van der Waals surface area contributed by atoms with Gasteiger partial charge in [0, 0.05) is 6.42 Å². The average Bonchev–Trinajstić information content (AvgIpc) is 2.37. The lowest BCUT2D eigenvalue weighted by atomic mass is 10.1. The lowest BCUT2D eigenvalue weighted by Crippen LogP contribution is -2.39. The largest absolute Gasteiger partial charge is 0.494 e. The number of hydrogen-bond acceptors (Lipinski definition) is 4. The van der Waals surface area contributed by atoms with Crippen molar-refractivity contribution in [1.82, 2.24) is 5.32 Å². The van der Waals surface area contributed by atoms with Crippen LogP contribution in [0.15, 0.2) is 18.2 Å². The summed E-state index contributed by atoms with van der Waals surface area (Å²) in [4.78, 5) is 11.7. The second-order valence-electron chi connectivity index (χ2n) is 4.82. The molecular formula is C16H25NO3. The molecule has 1 aromatic carbocycles. The molecule has 1 unspecified atom stereocenters. The van der Waals surface area contributed by atoms with E-state index in [1.165, 1.54) is 11.1 Å². The number of esters is 1. The molecule has 0 aliphatic carbocycles. The van der Waals surface area contributed by atoms with Gasteiger partial charge < -0.3 is 14.8 Å². The van der Waals surface area contributed by atoms with E-state index >= 15 is 0 Å². The van der Waals surface area contributed by atoms with E-state index in [9.17, 15) is 4.79 Å². The number of carbonyl (C=O) groups is 1. The van der Waals surface area contributed by atoms with Gasteiger partial charge >= 0.3 is 5.97 Å². The summed E-state index contributed by atoms with van der Waals surface area (Å²) in [7, 11) is 0. The summed E-state index contributed by atoms with van der Waals surface area (Å²) in [5, 5.41) is 3.12. The molecule has 20 heavy (non-hydrogen) atoms. The Kier molecular flexibility index (Phi) is 7.09. The molecule has 0 amide bonds. The number of carbonyl (C=O) groups excluding carboxylic acids is 1. The third-order valence-electron chi connectivity index (χ3n) is 2.89. The summed E-state index contributed by atoms with van der Waals surface area (Å²) < 4.78 is 10.8. The number of nitrogens with one attached hydrogen (secondary N) is 1. The number of ether oxygens (including phenoxy) is 2. The normalized spacial score (nSPS) is 12.0. The fourth-order valence-electron chi connectivity index (χ4n) is 2.10. The summed E-state index contributed by atoms with van der Waals surface area (Å²) in [5.74, 6) is 0.639. The minimum Gasteiger partial charge on any atom is -0.494 e. The Labute approximate surface area is 121 Å². The zero-order valence-corrected chi connectivity index (χ0v) is 12.9. The fourth-order valence-corrected chi connectivity index (χ4v) is 2.10. The molecular weight excluding hydrogens is 254 g/mol. The Morgan fingerprint density at radius 2 is 1.85 bits per heavy atom. The van der Waals surface area contributed by atoms with Crippen molar-refractivity contribution in [2.75, 3.05) is 19.8 Å². The van der Waals surface area contributed by atoms with E-state index in [2.05, 4.69) is 11.4 Å². The molecule has 0 saturated heterocycles. The van der Waals surface area contributed by atoms with Gasteiger partial charge in [-0.1, -0.05) is 13.0 Å². The van der Waals surface area contributed by atoms with E-state index in [1.807, 2.05) is 39.8 Å². The number of rotatable bonds is 8. The Balaban J connectivity index is 2.49. The van der Waals surface area contributed by atoms with E-state index in [-0.39, 0.29) is 12.0 Å². The van der Waals surface area contributed by atoms with Gasteiger partial charge in [-0.15, -0.1) is 0 Å². The molecule has 0 aliphatic heterocycles. The average molecular weight is 279 g/mol. The first-order chi connectivity index (χ1) is 9.56. The first-order valence-electron chi connectivity index (χ1n) is 7.18. The van der Waals surface area contributed by atoms with Crippen molar-refractivity contribution in [1.29, 1.82) is 0 Å². The lowest BCUT2D eigenvalue weighted by molar-refractivity contribution is -0.146. The van der Waals surface area contributed by atoms with E-state index in [1.54, 1.807) is 0 Å². The third kappa shape index (κ3) is 5.61. The third-order valence-corrected chi connectivity index (χ3v) is 2.89. The maximum atomic E-state index is 11.7. The van der Waals surface area contributed by atoms with E-state index in [4.69, 9.17) is 9.47 Å². The van der Waals surface area contributed by atoms with Crippen LogP contribution >= 0.6 is 0 Å². The molecule has 0 bridgehead atoms. The van der Waals surface area contributed by atoms with Crippen molar-refractivity contribution in [3.63, 3.8) is 0 Å². The number of hydrogen-bond donors (Lipinski definition) is 1. The first-order valence-corrected chi connectivity index (χ1v) is 7.18. The molecule has 1 aromatic rings. The van der Waals surface area contributed by atoms with Crippen LogP contribution < -0.4 is 10.1 Å². The quantitative estimate of drug-likeness (QED) is 0.743. The van der Waals surface area contributed by atoms with Crippen LogP contribution in [0, 0.1) is 13.8 Å². The van der Waals surface area contributed by atoms with Crippen molar-refractivity contribution in [2.24, 2.45) is 0 Å². The van der Waals surface area contributed by atoms with Crippen molar-refractivity contribution < 1.29 is 14.3 Å². The molecule has 0 fully saturated rings. The van der Waals surface area contributed by atoms with Gasteiger partial charge in [0.15, 0.2) is 0 Å². The predicted molar refractivity (Wildman–Crippen MR) is 80.1 cm³/mol. The van der Waals surface area contributed by atoms with Crippen LogP contribution in [0.4, 0.5) is 0 Å². The maximum absolute atomic E-state index is 11.7. The molecule has 0 saturated carbocycles. The Hall–Kier alpha value is -1.55. The Morgan fingerprint density at radius 3 is 2.40 bits per heavy atom. The number of benzene rings is 1. The maximum Gasteiger partial charge on any atom is 0.323 e. The van der Waals surface area contributed by atoms with Crippen LogP contribution in [0.2, 0.25) is 0 Å². The van der Waals surface area contributed by atoms with Gasteiger partial charge in [0.2, 0.25) is 0 Å². The van der Waals surface area contributed by atoms with Crippen LogP contribution in [0.25, 0.3) is 0 Å². The summed E-state index contributed by atoms with van der Waals surface area (Å²) in [5.41, 5.74) is 2.35. The first kappa shape index (κ1) is 16.5. The SMILES string of the molecule is CCNC(CCOc1cc(C)cc(C)c1)C(=O)OCC. The smallest absolute Gasteiger partial charge is 0.323 e. The van der Waals surface area contributed by atoms with E-state index in [0.29, 0.717) is 19.6 Å². The predicted octanol–water partition coefficient (Wildman–Crippen LogP) is 2.61. The highest BCUT2D eigenvalue weighted by Gasteiger charge is 2.18. The molecule has 1 atom stereocenters. The molecule has 0 spiro atoms. The topological polar surface area (TPSA) is 47.6 Å². The van der Waals surface area contributed by atoms with Crippen LogP contribution in [-0.4, -0.2) is 31.8 Å². The molecule has 0 aliphatic rings. The van der Waals surface area contributed by atoms with Gasteiger partial charge in [-0.05, 0) is 50.6 Å². The van der Waals surface area contributed by atoms with Crippen LogP contribution in [0.5, 0.6) is 5.75 Å².